The Morgan fingerprint density at radius 1 is 1.17 bits per heavy atom. The van der Waals surface area contributed by atoms with E-state index in [0.29, 0.717) is 18.5 Å². The zero-order valence-electron chi connectivity index (χ0n) is 12.5. The second-order valence-corrected chi connectivity index (χ2v) is 5.81. The fourth-order valence-corrected chi connectivity index (χ4v) is 2.33. The van der Waals surface area contributed by atoms with Crippen LogP contribution in [0.2, 0.25) is 0 Å². The lowest BCUT2D eigenvalue weighted by molar-refractivity contribution is 0.569. The normalized spacial score (nSPS) is 11.3. The number of benzene rings is 1. The lowest BCUT2D eigenvalue weighted by atomic mass is 10.0. The standard InChI is InChI=1S/C16H28N2/c1-12(2)11-18(13(3)4)16-7-6-14(5)10-15(16)8-9-17/h6-7,10,12-13H,8-9,11,17H2,1-5H3. The number of rotatable bonds is 6. The minimum atomic E-state index is 0.520. The molecule has 102 valence electrons. The number of aryl methyl sites for hydroxylation is 1. The van der Waals surface area contributed by atoms with E-state index in [4.69, 9.17) is 5.73 Å². The molecule has 0 fully saturated rings. The Bertz CT molecular complexity index is 369. The van der Waals surface area contributed by atoms with E-state index >= 15 is 0 Å². The first-order valence-electron chi connectivity index (χ1n) is 7.02. The predicted octanol–water partition coefficient (Wildman–Crippen LogP) is 3.37. The van der Waals surface area contributed by atoms with Crippen LogP contribution in [0.1, 0.15) is 38.8 Å². The van der Waals surface area contributed by atoms with Crippen LogP contribution in [0.3, 0.4) is 0 Å². The van der Waals surface area contributed by atoms with E-state index in [1.807, 2.05) is 0 Å². The molecule has 2 heteroatoms. The lowest BCUT2D eigenvalue weighted by Crippen LogP contribution is -2.35. The van der Waals surface area contributed by atoms with Gasteiger partial charge in [-0.25, -0.2) is 0 Å². The Morgan fingerprint density at radius 3 is 2.33 bits per heavy atom. The van der Waals surface area contributed by atoms with Gasteiger partial charge in [-0.3, -0.25) is 0 Å². The first-order chi connectivity index (χ1) is 8.45. The minimum Gasteiger partial charge on any atom is -0.369 e. The summed E-state index contributed by atoms with van der Waals surface area (Å²) in [6.45, 7) is 13.0. The summed E-state index contributed by atoms with van der Waals surface area (Å²) in [6, 6.07) is 7.25. The molecule has 1 rings (SSSR count). The van der Waals surface area contributed by atoms with Gasteiger partial charge in [0.2, 0.25) is 0 Å². The SMILES string of the molecule is Cc1ccc(N(CC(C)C)C(C)C)c(CCN)c1. The average Bonchev–Trinajstić information content (AvgIpc) is 2.26. The number of nitrogens with two attached hydrogens (primary N) is 1. The molecule has 0 aliphatic heterocycles. The summed E-state index contributed by atoms with van der Waals surface area (Å²) in [5.74, 6) is 0.666. The molecule has 0 radical (unpaired) electrons. The van der Waals surface area contributed by atoms with Crippen molar-refractivity contribution in [1.29, 1.82) is 0 Å². The van der Waals surface area contributed by atoms with Gasteiger partial charge in [-0.2, -0.15) is 0 Å². The van der Waals surface area contributed by atoms with Crippen LogP contribution >= 0.6 is 0 Å². The molecule has 0 aliphatic carbocycles. The highest BCUT2D eigenvalue weighted by molar-refractivity contribution is 5.56. The average molecular weight is 248 g/mol. The smallest absolute Gasteiger partial charge is 0.0401 e. The van der Waals surface area contributed by atoms with Crippen LogP contribution in [0.15, 0.2) is 18.2 Å². The largest absolute Gasteiger partial charge is 0.369 e. The van der Waals surface area contributed by atoms with Gasteiger partial charge in [0.1, 0.15) is 0 Å². The molecule has 0 bridgehead atoms. The van der Waals surface area contributed by atoms with Crippen molar-refractivity contribution in [2.24, 2.45) is 11.7 Å². The van der Waals surface area contributed by atoms with E-state index < -0.39 is 0 Å². The van der Waals surface area contributed by atoms with Gasteiger partial charge in [-0.05, 0) is 51.3 Å². The van der Waals surface area contributed by atoms with E-state index in [2.05, 4.69) is 57.7 Å². The van der Waals surface area contributed by atoms with Gasteiger partial charge in [0.15, 0.2) is 0 Å². The maximum absolute atomic E-state index is 5.74. The van der Waals surface area contributed by atoms with Crippen LogP contribution in [0.25, 0.3) is 0 Å². The quantitative estimate of drug-likeness (QED) is 0.836. The molecule has 0 heterocycles. The van der Waals surface area contributed by atoms with Crippen molar-refractivity contribution in [2.45, 2.75) is 47.1 Å². The Kier molecular flexibility index (Phi) is 5.67. The Morgan fingerprint density at radius 2 is 1.83 bits per heavy atom. The molecule has 0 spiro atoms. The van der Waals surface area contributed by atoms with Gasteiger partial charge >= 0.3 is 0 Å². The molecule has 1 aromatic carbocycles. The summed E-state index contributed by atoms with van der Waals surface area (Å²) in [5.41, 5.74) is 9.79. The summed E-state index contributed by atoms with van der Waals surface area (Å²) in [4.78, 5) is 2.50. The lowest BCUT2D eigenvalue weighted by Gasteiger charge is -2.32. The van der Waals surface area contributed by atoms with Gasteiger partial charge in [0, 0.05) is 18.3 Å². The molecular weight excluding hydrogens is 220 g/mol. The zero-order chi connectivity index (χ0) is 13.7. The molecule has 0 atom stereocenters. The number of hydrogen-bond donors (Lipinski definition) is 1. The number of anilines is 1. The summed E-state index contributed by atoms with van der Waals surface area (Å²) in [6.07, 6.45) is 0.957. The van der Waals surface area contributed by atoms with E-state index in [0.717, 1.165) is 13.0 Å². The molecule has 0 unspecified atom stereocenters. The Labute approximate surface area is 112 Å². The first-order valence-corrected chi connectivity index (χ1v) is 7.02. The molecule has 0 aromatic heterocycles. The second kappa shape index (κ2) is 6.79. The maximum Gasteiger partial charge on any atom is 0.0401 e. The summed E-state index contributed by atoms with van der Waals surface area (Å²) in [5, 5.41) is 0. The fraction of sp³-hybridized carbons (Fsp3) is 0.625. The number of hydrogen-bond acceptors (Lipinski definition) is 2. The topological polar surface area (TPSA) is 29.3 Å². The molecule has 0 saturated heterocycles. The summed E-state index contributed by atoms with van der Waals surface area (Å²) < 4.78 is 0. The Balaban J connectivity index is 3.09. The van der Waals surface area contributed by atoms with E-state index in [-0.39, 0.29) is 0 Å². The van der Waals surface area contributed by atoms with Crippen LogP contribution in [-0.2, 0) is 6.42 Å². The molecule has 18 heavy (non-hydrogen) atoms. The van der Waals surface area contributed by atoms with E-state index in [1.54, 1.807) is 0 Å². The maximum atomic E-state index is 5.74. The molecule has 2 N–H and O–H groups in total. The molecule has 0 saturated carbocycles. The fourth-order valence-electron chi connectivity index (χ4n) is 2.33. The minimum absolute atomic E-state index is 0.520. The van der Waals surface area contributed by atoms with Crippen molar-refractivity contribution in [1.82, 2.24) is 0 Å². The molecular formula is C16H28N2. The summed E-state index contributed by atoms with van der Waals surface area (Å²) >= 11 is 0. The van der Waals surface area contributed by atoms with Crippen molar-refractivity contribution in [3.63, 3.8) is 0 Å². The van der Waals surface area contributed by atoms with Gasteiger partial charge in [-0.15, -0.1) is 0 Å². The van der Waals surface area contributed by atoms with Crippen LogP contribution in [0, 0.1) is 12.8 Å². The van der Waals surface area contributed by atoms with Crippen molar-refractivity contribution < 1.29 is 0 Å². The highest BCUT2D eigenvalue weighted by Gasteiger charge is 2.15. The van der Waals surface area contributed by atoms with Gasteiger partial charge < -0.3 is 10.6 Å². The summed E-state index contributed by atoms with van der Waals surface area (Å²) in [7, 11) is 0. The van der Waals surface area contributed by atoms with Crippen LogP contribution in [0.5, 0.6) is 0 Å². The molecule has 0 aliphatic rings. The van der Waals surface area contributed by atoms with Crippen molar-refractivity contribution >= 4 is 5.69 Å². The van der Waals surface area contributed by atoms with Crippen LogP contribution < -0.4 is 10.6 Å². The Hall–Kier alpha value is -1.02. The molecule has 2 nitrogen and oxygen atoms in total. The molecule has 1 aromatic rings. The van der Waals surface area contributed by atoms with Gasteiger partial charge in [0.25, 0.3) is 0 Å². The third-order valence-corrected chi connectivity index (χ3v) is 3.14. The highest BCUT2D eigenvalue weighted by atomic mass is 15.2. The third-order valence-electron chi connectivity index (χ3n) is 3.14. The third kappa shape index (κ3) is 4.02. The van der Waals surface area contributed by atoms with E-state index in [1.165, 1.54) is 16.8 Å². The van der Waals surface area contributed by atoms with Crippen LogP contribution in [0.4, 0.5) is 5.69 Å². The van der Waals surface area contributed by atoms with E-state index in [9.17, 15) is 0 Å². The van der Waals surface area contributed by atoms with Gasteiger partial charge in [0.05, 0.1) is 0 Å². The first kappa shape index (κ1) is 15.0. The second-order valence-electron chi connectivity index (χ2n) is 5.81. The predicted molar refractivity (Wildman–Crippen MR) is 81.3 cm³/mol. The van der Waals surface area contributed by atoms with Crippen LogP contribution in [-0.4, -0.2) is 19.1 Å². The number of nitrogens with zero attached hydrogens (tertiary/aromatic N) is 1. The molecule has 0 amide bonds. The zero-order valence-corrected chi connectivity index (χ0v) is 12.5. The monoisotopic (exact) mass is 248 g/mol. The van der Waals surface area contributed by atoms with Crippen molar-refractivity contribution in [3.8, 4) is 0 Å². The van der Waals surface area contributed by atoms with Crippen molar-refractivity contribution in [3.05, 3.63) is 29.3 Å². The van der Waals surface area contributed by atoms with Crippen molar-refractivity contribution in [2.75, 3.05) is 18.0 Å². The van der Waals surface area contributed by atoms with Gasteiger partial charge in [-0.1, -0.05) is 31.5 Å². The highest BCUT2D eigenvalue weighted by Crippen LogP contribution is 2.25.